The summed E-state index contributed by atoms with van der Waals surface area (Å²) in [4.78, 5) is 7.44. The fourth-order valence-electron chi connectivity index (χ4n) is 3.45. The van der Waals surface area contributed by atoms with E-state index in [1.165, 1.54) is 31.5 Å². The molecule has 3 heterocycles. The summed E-state index contributed by atoms with van der Waals surface area (Å²) in [5.41, 5.74) is 7.45. The third kappa shape index (κ3) is 2.56. The van der Waals surface area contributed by atoms with Crippen molar-refractivity contribution < 1.29 is 0 Å². The van der Waals surface area contributed by atoms with E-state index in [-0.39, 0.29) is 6.04 Å². The Morgan fingerprint density at radius 2 is 2.05 bits per heavy atom. The highest BCUT2D eigenvalue weighted by atomic mass is 15.2. The molecule has 2 N–H and O–H groups in total. The Bertz CT molecular complexity index is 437. The van der Waals surface area contributed by atoms with Gasteiger partial charge in [-0.15, -0.1) is 0 Å². The van der Waals surface area contributed by atoms with Crippen LogP contribution in [0.4, 0.5) is 0 Å². The lowest BCUT2D eigenvalue weighted by Crippen LogP contribution is -2.39. The Morgan fingerprint density at radius 3 is 2.79 bits per heavy atom. The molecule has 1 saturated heterocycles. The van der Waals surface area contributed by atoms with Crippen molar-refractivity contribution in [3.05, 3.63) is 17.7 Å². The van der Waals surface area contributed by atoms with Gasteiger partial charge in [-0.3, -0.25) is 0 Å². The van der Waals surface area contributed by atoms with Gasteiger partial charge in [-0.05, 0) is 46.1 Å². The van der Waals surface area contributed by atoms with Crippen molar-refractivity contribution in [2.24, 2.45) is 5.73 Å². The Hall–Kier alpha value is -0.870. The quantitative estimate of drug-likeness (QED) is 0.889. The van der Waals surface area contributed by atoms with E-state index in [0.717, 1.165) is 25.3 Å². The lowest BCUT2D eigenvalue weighted by molar-refractivity contribution is 0.166. The van der Waals surface area contributed by atoms with Crippen molar-refractivity contribution in [1.82, 2.24) is 14.5 Å². The first-order valence-electron chi connectivity index (χ1n) is 7.71. The molecule has 19 heavy (non-hydrogen) atoms. The zero-order chi connectivity index (χ0) is 13.4. The molecular weight excluding hydrogens is 236 g/mol. The number of rotatable bonds is 2. The molecule has 0 aliphatic carbocycles. The summed E-state index contributed by atoms with van der Waals surface area (Å²) in [6, 6.07) is 0.787. The third-order valence-electron chi connectivity index (χ3n) is 4.67. The maximum absolute atomic E-state index is 6.17. The summed E-state index contributed by atoms with van der Waals surface area (Å²) >= 11 is 0. The fourth-order valence-corrected chi connectivity index (χ4v) is 3.45. The van der Waals surface area contributed by atoms with Crippen LogP contribution in [0.1, 0.15) is 63.0 Å². The average molecular weight is 262 g/mol. The molecule has 2 aliphatic rings. The van der Waals surface area contributed by atoms with Crippen LogP contribution in [0.2, 0.25) is 0 Å². The molecule has 1 fully saturated rings. The minimum Gasteiger partial charge on any atom is -0.333 e. The van der Waals surface area contributed by atoms with Crippen LogP contribution >= 0.6 is 0 Å². The Labute approximate surface area is 116 Å². The zero-order valence-electron chi connectivity index (χ0n) is 12.2. The van der Waals surface area contributed by atoms with E-state index < -0.39 is 0 Å². The number of nitrogens with zero attached hydrogens (tertiary/aromatic N) is 3. The first kappa shape index (κ1) is 13.1. The SMILES string of the molecule is CC(C)N1CCCC(c2cn3c(n2)C(N)CCC3)C1. The van der Waals surface area contributed by atoms with Crippen LogP contribution in [-0.2, 0) is 6.54 Å². The summed E-state index contributed by atoms with van der Waals surface area (Å²) in [6.45, 7) is 8.06. The summed E-state index contributed by atoms with van der Waals surface area (Å²) in [5, 5.41) is 0. The van der Waals surface area contributed by atoms with Gasteiger partial charge in [0, 0.05) is 31.2 Å². The molecule has 2 aliphatic heterocycles. The van der Waals surface area contributed by atoms with Crippen molar-refractivity contribution in [2.75, 3.05) is 13.1 Å². The predicted octanol–water partition coefficient (Wildman–Crippen LogP) is 2.26. The lowest BCUT2D eigenvalue weighted by Gasteiger charge is -2.34. The molecule has 0 radical (unpaired) electrons. The summed E-state index contributed by atoms with van der Waals surface area (Å²) < 4.78 is 2.29. The van der Waals surface area contributed by atoms with Crippen LogP contribution in [-0.4, -0.2) is 33.6 Å². The molecule has 0 saturated carbocycles. The zero-order valence-corrected chi connectivity index (χ0v) is 12.2. The van der Waals surface area contributed by atoms with E-state index in [9.17, 15) is 0 Å². The van der Waals surface area contributed by atoms with Crippen molar-refractivity contribution in [3.63, 3.8) is 0 Å². The van der Waals surface area contributed by atoms with E-state index in [1.54, 1.807) is 0 Å². The fraction of sp³-hybridized carbons (Fsp3) is 0.800. The molecule has 2 atom stereocenters. The van der Waals surface area contributed by atoms with Gasteiger partial charge in [0.15, 0.2) is 0 Å². The van der Waals surface area contributed by atoms with Crippen LogP contribution in [0.5, 0.6) is 0 Å². The topological polar surface area (TPSA) is 47.1 Å². The second-order valence-electron chi connectivity index (χ2n) is 6.39. The minimum absolute atomic E-state index is 0.146. The molecular formula is C15H26N4. The minimum atomic E-state index is 0.146. The van der Waals surface area contributed by atoms with Crippen molar-refractivity contribution in [3.8, 4) is 0 Å². The lowest BCUT2D eigenvalue weighted by atomic mass is 9.94. The van der Waals surface area contributed by atoms with Gasteiger partial charge in [0.2, 0.25) is 0 Å². The summed E-state index contributed by atoms with van der Waals surface area (Å²) in [6.07, 6.45) is 7.10. The highest BCUT2D eigenvalue weighted by Gasteiger charge is 2.27. The first-order chi connectivity index (χ1) is 9.15. The number of piperidine rings is 1. The molecule has 3 rings (SSSR count). The Morgan fingerprint density at radius 1 is 1.26 bits per heavy atom. The molecule has 0 spiro atoms. The van der Waals surface area contributed by atoms with E-state index >= 15 is 0 Å². The van der Waals surface area contributed by atoms with Gasteiger partial charge in [0.05, 0.1) is 11.7 Å². The van der Waals surface area contributed by atoms with Crippen LogP contribution in [0.25, 0.3) is 0 Å². The third-order valence-corrected chi connectivity index (χ3v) is 4.67. The second kappa shape index (κ2) is 5.25. The van der Waals surface area contributed by atoms with Gasteiger partial charge in [0.1, 0.15) is 5.82 Å². The number of hydrogen-bond donors (Lipinski definition) is 1. The van der Waals surface area contributed by atoms with Crippen LogP contribution in [0.3, 0.4) is 0 Å². The summed E-state index contributed by atoms with van der Waals surface area (Å²) in [7, 11) is 0. The van der Waals surface area contributed by atoms with E-state index in [4.69, 9.17) is 10.7 Å². The van der Waals surface area contributed by atoms with E-state index in [2.05, 4.69) is 29.5 Å². The standard InChI is InChI=1S/C15H26N4/c1-11(2)18-7-3-5-12(9-18)14-10-19-8-4-6-13(16)15(19)17-14/h10-13H,3-9,16H2,1-2H3. The van der Waals surface area contributed by atoms with Gasteiger partial charge in [-0.25, -0.2) is 4.98 Å². The molecule has 0 aromatic carbocycles. The average Bonchev–Trinajstić information content (AvgIpc) is 2.84. The monoisotopic (exact) mass is 262 g/mol. The maximum Gasteiger partial charge on any atom is 0.125 e. The highest BCUT2D eigenvalue weighted by molar-refractivity contribution is 5.14. The molecule has 0 bridgehead atoms. The molecule has 106 valence electrons. The highest BCUT2D eigenvalue weighted by Crippen LogP contribution is 2.30. The number of likely N-dealkylation sites (tertiary alicyclic amines) is 1. The molecule has 1 aromatic rings. The molecule has 1 aromatic heterocycles. The van der Waals surface area contributed by atoms with Crippen LogP contribution in [0, 0.1) is 0 Å². The van der Waals surface area contributed by atoms with Crippen LogP contribution < -0.4 is 5.73 Å². The first-order valence-corrected chi connectivity index (χ1v) is 7.71. The molecule has 4 heteroatoms. The van der Waals surface area contributed by atoms with Crippen molar-refractivity contribution in [2.45, 2.75) is 64.1 Å². The Kier molecular flexibility index (Phi) is 3.63. The summed E-state index contributed by atoms with van der Waals surface area (Å²) in [5.74, 6) is 1.71. The predicted molar refractivity (Wildman–Crippen MR) is 77.1 cm³/mol. The maximum atomic E-state index is 6.17. The van der Waals surface area contributed by atoms with Gasteiger partial charge in [-0.2, -0.15) is 0 Å². The number of fused-ring (bicyclic) bond motifs is 1. The number of nitrogens with two attached hydrogens (primary N) is 1. The smallest absolute Gasteiger partial charge is 0.125 e. The van der Waals surface area contributed by atoms with E-state index in [1.807, 2.05) is 0 Å². The largest absolute Gasteiger partial charge is 0.333 e. The second-order valence-corrected chi connectivity index (χ2v) is 6.39. The molecule has 0 amide bonds. The molecule has 2 unspecified atom stereocenters. The van der Waals surface area contributed by atoms with Gasteiger partial charge in [0.25, 0.3) is 0 Å². The number of hydrogen-bond acceptors (Lipinski definition) is 3. The van der Waals surface area contributed by atoms with Gasteiger partial charge < -0.3 is 15.2 Å². The van der Waals surface area contributed by atoms with Crippen molar-refractivity contribution in [1.29, 1.82) is 0 Å². The van der Waals surface area contributed by atoms with Crippen LogP contribution in [0.15, 0.2) is 6.20 Å². The number of aryl methyl sites for hydroxylation is 1. The van der Waals surface area contributed by atoms with E-state index in [0.29, 0.717) is 12.0 Å². The molecule has 4 nitrogen and oxygen atoms in total. The van der Waals surface area contributed by atoms with Crippen molar-refractivity contribution >= 4 is 0 Å². The Balaban J connectivity index is 1.78. The van der Waals surface area contributed by atoms with Gasteiger partial charge in [-0.1, -0.05) is 0 Å². The van der Waals surface area contributed by atoms with Gasteiger partial charge >= 0.3 is 0 Å². The normalized spacial score (nSPS) is 28.6. The number of aromatic nitrogens is 2. The number of imidazole rings is 1.